The van der Waals surface area contributed by atoms with Crippen LogP contribution in [0.15, 0.2) is 17.1 Å². The highest BCUT2D eigenvalue weighted by Crippen LogP contribution is 2.35. The second-order valence-electron chi connectivity index (χ2n) is 4.35. The molecule has 0 saturated carbocycles. The van der Waals surface area contributed by atoms with Crippen LogP contribution < -0.4 is 11.4 Å². The Bertz CT molecular complexity index is 476. The number of ether oxygens (including phenoxy) is 1. The number of hydrogen-bond donors (Lipinski definition) is 3. The molecule has 100 valence electrons. The molecule has 0 bridgehead atoms. The molecule has 0 aromatic carbocycles. The van der Waals surface area contributed by atoms with Gasteiger partial charge in [0.25, 0.3) is 0 Å². The van der Waals surface area contributed by atoms with Gasteiger partial charge in [-0.05, 0) is 12.5 Å². The van der Waals surface area contributed by atoms with Crippen molar-refractivity contribution < 1.29 is 14.9 Å². The average molecular weight is 255 g/mol. The predicted molar refractivity (Wildman–Crippen MR) is 63.7 cm³/mol. The molecule has 2 rings (SSSR count). The van der Waals surface area contributed by atoms with Gasteiger partial charge in [0, 0.05) is 12.1 Å². The van der Waals surface area contributed by atoms with Crippen molar-refractivity contribution >= 4 is 5.82 Å². The third-order valence-corrected chi connectivity index (χ3v) is 3.28. The van der Waals surface area contributed by atoms with Gasteiger partial charge in [-0.2, -0.15) is 4.98 Å². The normalized spacial score (nSPS) is 31.7. The largest absolute Gasteiger partial charge is 0.394 e. The standard InChI is InChI=1S/C11H17N3O4/c1-2-6-9(16)7(5-15)18-10(6)14-4-3-8(12)13-11(14)17/h3-4,6-7,9-10,15-16H,2,5H2,1H3,(H2,12,13,17)/t6-,7-,9?,10-/m1/s1. The van der Waals surface area contributed by atoms with Crippen LogP contribution in [-0.4, -0.2) is 38.6 Å². The fourth-order valence-electron chi connectivity index (χ4n) is 2.29. The van der Waals surface area contributed by atoms with Gasteiger partial charge in [-0.1, -0.05) is 6.92 Å². The number of rotatable bonds is 3. The number of nitrogen functional groups attached to an aromatic ring is 1. The summed E-state index contributed by atoms with van der Waals surface area (Å²) in [6.45, 7) is 1.60. The van der Waals surface area contributed by atoms with Crippen molar-refractivity contribution in [1.82, 2.24) is 9.55 Å². The number of anilines is 1. The Kier molecular flexibility index (Phi) is 3.65. The van der Waals surface area contributed by atoms with Crippen LogP contribution in [0.4, 0.5) is 5.82 Å². The molecule has 1 aromatic heterocycles. The number of nitrogens with zero attached hydrogens (tertiary/aromatic N) is 2. The van der Waals surface area contributed by atoms with E-state index in [0.717, 1.165) is 0 Å². The van der Waals surface area contributed by atoms with Gasteiger partial charge >= 0.3 is 5.69 Å². The van der Waals surface area contributed by atoms with Crippen LogP contribution in [0.2, 0.25) is 0 Å². The highest BCUT2D eigenvalue weighted by molar-refractivity contribution is 5.23. The van der Waals surface area contributed by atoms with Gasteiger partial charge in [0.05, 0.1) is 12.7 Å². The lowest BCUT2D eigenvalue weighted by molar-refractivity contribution is -0.0481. The third-order valence-electron chi connectivity index (χ3n) is 3.28. The molecule has 0 aliphatic carbocycles. The minimum absolute atomic E-state index is 0.140. The Morgan fingerprint density at radius 1 is 1.61 bits per heavy atom. The van der Waals surface area contributed by atoms with Crippen molar-refractivity contribution in [3.63, 3.8) is 0 Å². The molecule has 7 nitrogen and oxygen atoms in total. The molecule has 1 fully saturated rings. The number of nitrogens with two attached hydrogens (primary N) is 1. The molecule has 0 radical (unpaired) electrons. The monoisotopic (exact) mass is 255 g/mol. The molecule has 2 heterocycles. The van der Waals surface area contributed by atoms with Gasteiger partial charge in [0.15, 0.2) is 0 Å². The van der Waals surface area contributed by atoms with Crippen molar-refractivity contribution in [1.29, 1.82) is 0 Å². The van der Waals surface area contributed by atoms with Crippen LogP contribution in [0.1, 0.15) is 19.6 Å². The van der Waals surface area contributed by atoms with E-state index in [-0.39, 0.29) is 18.3 Å². The van der Waals surface area contributed by atoms with Gasteiger partial charge in [0.2, 0.25) is 0 Å². The van der Waals surface area contributed by atoms with Crippen molar-refractivity contribution in [2.45, 2.75) is 31.8 Å². The number of hydrogen-bond acceptors (Lipinski definition) is 6. The summed E-state index contributed by atoms with van der Waals surface area (Å²) in [5.74, 6) is -0.119. The minimum Gasteiger partial charge on any atom is -0.394 e. The summed E-state index contributed by atoms with van der Waals surface area (Å²) >= 11 is 0. The zero-order valence-corrected chi connectivity index (χ0v) is 10.1. The van der Waals surface area contributed by atoms with E-state index in [4.69, 9.17) is 15.6 Å². The summed E-state index contributed by atoms with van der Waals surface area (Å²) in [6, 6.07) is 1.50. The molecule has 4 atom stereocenters. The van der Waals surface area contributed by atoms with Crippen LogP contribution in [0.5, 0.6) is 0 Å². The van der Waals surface area contributed by atoms with E-state index in [9.17, 15) is 9.90 Å². The smallest absolute Gasteiger partial charge is 0.351 e. The van der Waals surface area contributed by atoms with Gasteiger partial charge in [-0.3, -0.25) is 4.57 Å². The third kappa shape index (κ3) is 2.12. The van der Waals surface area contributed by atoms with Crippen molar-refractivity contribution in [3.8, 4) is 0 Å². The average Bonchev–Trinajstić information content (AvgIpc) is 2.65. The summed E-state index contributed by atoms with van der Waals surface area (Å²) in [5.41, 5.74) is 4.90. The lowest BCUT2D eigenvalue weighted by Gasteiger charge is -2.20. The summed E-state index contributed by atoms with van der Waals surface area (Å²) in [6.07, 6.45) is 0.0190. The predicted octanol–water partition coefficient (Wildman–Crippen LogP) is -0.898. The van der Waals surface area contributed by atoms with Crippen LogP contribution in [-0.2, 0) is 4.74 Å². The molecule has 7 heteroatoms. The lowest BCUT2D eigenvalue weighted by Crippen LogP contribution is -2.32. The maximum Gasteiger partial charge on any atom is 0.351 e. The Labute approximate surface area is 104 Å². The molecule has 1 saturated heterocycles. The Morgan fingerprint density at radius 2 is 2.33 bits per heavy atom. The van der Waals surface area contributed by atoms with E-state index in [2.05, 4.69) is 4.98 Å². The van der Waals surface area contributed by atoms with Gasteiger partial charge in [-0.15, -0.1) is 0 Å². The highest BCUT2D eigenvalue weighted by atomic mass is 16.5. The molecule has 0 amide bonds. The SMILES string of the molecule is CC[C@@H]1C(O)[C@@H](CO)O[C@H]1n1ccc(N)nc1=O. The topological polar surface area (TPSA) is 111 Å². The van der Waals surface area contributed by atoms with Gasteiger partial charge in [0.1, 0.15) is 18.1 Å². The fraction of sp³-hybridized carbons (Fsp3) is 0.636. The first-order chi connectivity index (χ1) is 8.58. The van der Waals surface area contributed by atoms with Crippen LogP contribution in [0.25, 0.3) is 0 Å². The molecule has 1 unspecified atom stereocenters. The maximum absolute atomic E-state index is 11.7. The molecular formula is C11H17N3O4. The molecule has 0 spiro atoms. The zero-order chi connectivity index (χ0) is 13.3. The highest BCUT2D eigenvalue weighted by Gasteiger charge is 2.43. The van der Waals surface area contributed by atoms with Crippen molar-refractivity contribution in [3.05, 3.63) is 22.7 Å². The Morgan fingerprint density at radius 3 is 2.89 bits per heavy atom. The zero-order valence-electron chi connectivity index (χ0n) is 10.1. The number of aliphatic hydroxyl groups excluding tert-OH is 2. The lowest BCUT2D eigenvalue weighted by atomic mass is 9.97. The molecular weight excluding hydrogens is 238 g/mol. The first-order valence-corrected chi connectivity index (χ1v) is 5.87. The Hall–Kier alpha value is -1.44. The van der Waals surface area contributed by atoms with Gasteiger partial charge in [-0.25, -0.2) is 4.79 Å². The summed E-state index contributed by atoms with van der Waals surface area (Å²) in [4.78, 5) is 15.4. The van der Waals surface area contributed by atoms with E-state index in [1.807, 2.05) is 6.92 Å². The van der Waals surface area contributed by atoms with E-state index in [1.165, 1.54) is 16.8 Å². The summed E-state index contributed by atoms with van der Waals surface area (Å²) < 4.78 is 6.81. The van der Waals surface area contributed by atoms with E-state index < -0.39 is 24.1 Å². The van der Waals surface area contributed by atoms with Crippen LogP contribution in [0, 0.1) is 5.92 Å². The van der Waals surface area contributed by atoms with Crippen LogP contribution in [0.3, 0.4) is 0 Å². The fourth-order valence-corrected chi connectivity index (χ4v) is 2.29. The molecule has 1 aliphatic rings. The first kappa shape index (κ1) is 13.0. The number of aromatic nitrogens is 2. The minimum atomic E-state index is -0.797. The first-order valence-electron chi connectivity index (χ1n) is 5.87. The van der Waals surface area contributed by atoms with Crippen molar-refractivity contribution in [2.75, 3.05) is 12.3 Å². The molecule has 1 aromatic rings. The molecule has 18 heavy (non-hydrogen) atoms. The van der Waals surface area contributed by atoms with Gasteiger partial charge < -0.3 is 20.7 Å². The Balaban J connectivity index is 2.35. The second kappa shape index (κ2) is 5.05. The second-order valence-corrected chi connectivity index (χ2v) is 4.35. The summed E-state index contributed by atoms with van der Waals surface area (Å²) in [7, 11) is 0. The van der Waals surface area contributed by atoms with E-state index >= 15 is 0 Å². The number of aliphatic hydroxyl groups is 2. The molecule has 4 N–H and O–H groups in total. The maximum atomic E-state index is 11.7. The van der Waals surface area contributed by atoms with Crippen LogP contribution >= 0.6 is 0 Å². The quantitative estimate of drug-likeness (QED) is 0.645. The van der Waals surface area contributed by atoms with Crippen molar-refractivity contribution in [2.24, 2.45) is 5.92 Å². The van der Waals surface area contributed by atoms with E-state index in [0.29, 0.717) is 6.42 Å². The molecule has 1 aliphatic heterocycles. The van der Waals surface area contributed by atoms with E-state index in [1.54, 1.807) is 0 Å². The summed E-state index contributed by atoms with van der Waals surface area (Å²) in [5, 5.41) is 19.1.